The maximum Gasteiger partial charge on any atom is 0.227 e. The molecular weight excluding hydrogens is 334 g/mol. The average Bonchev–Trinajstić information content (AvgIpc) is 3.33. The van der Waals surface area contributed by atoms with Crippen LogP contribution in [-0.2, 0) is 11.2 Å². The minimum Gasteiger partial charge on any atom is -0.361 e. The van der Waals surface area contributed by atoms with Gasteiger partial charge in [0.15, 0.2) is 0 Å². The van der Waals surface area contributed by atoms with Crippen LogP contribution in [0.1, 0.15) is 29.9 Å². The molecule has 1 aliphatic rings. The van der Waals surface area contributed by atoms with E-state index in [1.807, 2.05) is 23.2 Å². The van der Waals surface area contributed by atoms with Crippen molar-refractivity contribution in [2.75, 3.05) is 13.1 Å². The number of aromatic amines is 2. The van der Waals surface area contributed by atoms with Gasteiger partial charge in [-0.05, 0) is 42.0 Å². The molecule has 5 rings (SSSR count). The summed E-state index contributed by atoms with van der Waals surface area (Å²) in [4.78, 5) is 21.5. The molecule has 4 aromatic rings. The van der Waals surface area contributed by atoms with Crippen LogP contribution in [0, 0.1) is 0 Å². The van der Waals surface area contributed by atoms with Crippen molar-refractivity contribution in [3.63, 3.8) is 0 Å². The third-order valence-electron chi connectivity index (χ3n) is 5.93. The predicted octanol–water partition coefficient (Wildman–Crippen LogP) is 4.60. The summed E-state index contributed by atoms with van der Waals surface area (Å²) in [6, 6.07) is 16.6. The minimum atomic E-state index is 0.233. The molecule has 0 saturated carbocycles. The molecule has 4 heteroatoms. The molecule has 1 saturated heterocycles. The maximum atomic E-state index is 12.8. The molecular formula is C23H23N3O. The molecule has 0 atom stereocenters. The van der Waals surface area contributed by atoms with Gasteiger partial charge in [-0.1, -0.05) is 36.4 Å². The average molecular weight is 357 g/mol. The zero-order valence-electron chi connectivity index (χ0n) is 15.2. The summed E-state index contributed by atoms with van der Waals surface area (Å²) in [6.45, 7) is 1.68. The fourth-order valence-corrected chi connectivity index (χ4v) is 4.42. The Labute approximate surface area is 158 Å². The topological polar surface area (TPSA) is 51.9 Å². The number of H-pyrrole nitrogens is 2. The van der Waals surface area contributed by atoms with Crippen molar-refractivity contribution < 1.29 is 4.79 Å². The second-order valence-corrected chi connectivity index (χ2v) is 7.48. The first-order chi connectivity index (χ1) is 13.3. The van der Waals surface area contributed by atoms with Gasteiger partial charge >= 0.3 is 0 Å². The van der Waals surface area contributed by atoms with Gasteiger partial charge in [-0.3, -0.25) is 4.79 Å². The maximum absolute atomic E-state index is 12.8. The number of rotatable bonds is 3. The molecule has 0 radical (unpaired) electrons. The number of aromatic nitrogens is 2. The van der Waals surface area contributed by atoms with Crippen molar-refractivity contribution in [2.24, 2.45) is 0 Å². The van der Waals surface area contributed by atoms with Crippen LogP contribution in [0.2, 0.25) is 0 Å². The van der Waals surface area contributed by atoms with Crippen LogP contribution in [0.25, 0.3) is 21.8 Å². The van der Waals surface area contributed by atoms with Crippen LogP contribution < -0.4 is 0 Å². The quantitative estimate of drug-likeness (QED) is 0.553. The van der Waals surface area contributed by atoms with Crippen molar-refractivity contribution in [3.8, 4) is 0 Å². The number of carbonyl (C=O) groups excluding carboxylic acids is 1. The molecule has 1 fully saturated rings. The van der Waals surface area contributed by atoms with Gasteiger partial charge in [0.05, 0.1) is 6.42 Å². The smallest absolute Gasteiger partial charge is 0.227 e. The van der Waals surface area contributed by atoms with Crippen LogP contribution >= 0.6 is 0 Å². The Bertz CT molecular complexity index is 1100. The molecule has 2 N–H and O–H groups in total. The summed E-state index contributed by atoms with van der Waals surface area (Å²) in [5.74, 6) is 0.760. The van der Waals surface area contributed by atoms with E-state index in [2.05, 4.69) is 52.6 Å². The van der Waals surface area contributed by atoms with Crippen molar-refractivity contribution in [2.45, 2.75) is 25.2 Å². The second-order valence-electron chi connectivity index (χ2n) is 7.48. The van der Waals surface area contributed by atoms with E-state index in [9.17, 15) is 4.79 Å². The zero-order chi connectivity index (χ0) is 18.2. The van der Waals surface area contributed by atoms with Gasteiger partial charge in [0.1, 0.15) is 0 Å². The molecule has 1 amide bonds. The summed E-state index contributed by atoms with van der Waals surface area (Å²) in [6.07, 6.45) is 6.66. The van der Waals surface area contributed by atoms with Crippen LogP contribution in [-0.4, -0.2) is 33.9 Å². The first-order valence-electron chi connectivity index (χ1n) is 9.68. The van der Waals surface area contributed by atoms with Gasteiger partial charge in [0, 0.05) is 47.3 Å². The van der Waals surface area contributed by atoms with E-state index in [1.54, 1.807) is 0 Å². The molecule has 2 aromatic carbocycles. The van der Waals surface area contributed by atoms with Crippen molar-refractivity contribution >= 4 is 27.7 Å². The molecule has 0 unspecified atom stereocenters. The van der Waals surface area contributed by atoms with Gasteiger partial charge in [0.25, 0.3) is 0 Å². The summed E-state index contributed by atoms with van der Waals surface area (Å²) < 4.78 is 0. The molecule has 27 heavy (non-hydrogen) atoms. The summed E-state index contributed by atoms with van der Waals surface area (Å²) >= 11 is 0. The largest absolute Gasteiger partial charge is 0.361 e. The first kappa shape index (κ1) is 16.2. The van der Waals surface area contributed by atoms with Gasteiger partial charge in [-0.15, -0.1) is 0 Å². The number of nitrogens with zero attached hydrogens (tertiary/aromatic N) is 1. The third kappa shape index (κ3) is 2.91. The number of benzene rings is 2. The molecule has 0 bridgehead atoms. The van der Waals surface area contributed by atoms with E-state index < -0.39 is 0 Å². The lowest BCUT2D eigenvalue weighted by molar-refractivity contribution is -0.131. The van der Waals surface area contributed by atoms with E-state index in [0.29, 0.717) is 12.3 Å². The number of piperidine rings is 1. The Morgan fingerprint density at radius 3 is 2.30 bits per heavy atom. The third-order valence-corrected chi connectivity index (χ3v) is 5.93. The predicted molar refractivity (Wildman–Crippen MR) is 109 cm³/mol. The number of para-hydroxylation sites is 2. The minimum absolute atomic E-state index is 0.233. The van der Waals surface area contributed by atoms with Gasteiger partial charge < -0.3 is 14.9 Å². The number of hydrogen-bond donors (Lipinski definition) is 2. The lowest BCUT2D eigenvalue weighted by atomic mass is 9.89. The van der Waals surface area contributed by atoms with E-state index in [-0.39, 0.29) is 5.91 Å². The molecule has 2 aromatic heterocycles. The van der Waals surface area contributed by atoms with Crippen LogP contribution in [0.3, 0.4) is 0 Å². The fourth-order valence-electron chi connectivity index (χ4n) is 4.42. The van der Waals surface area contributed by atoms with Crippen LogP contribution in [0.15, 0.2) is 60.9 Å². The van der Waals surface area contributed by atoms with Crippen LogP contribution in [0.4, 0.5) is 0 Å². The van der Waals surface area contributed by atoms with E-state index >= 15 is 0 Å². The molecule has 0 aliphatic carbocycles. The van der Waals surface area contributed by atoms with Gasteiger partial charge in [-0.2, -0.15) is 0 Å². The number of fused-ring (bicyclic) bond motifs is 2. The monoisotopic (exact) mass is 357 g/mol. The lowest BCUT2D eigenvalue weighted by Crippen LogP contribution is -2.38. The first-order valence-corrected chi connectivity index (χ1v) is 9.68. The number of likely N-dealkylation sites (tertiary alicyclic amines) is 1. The summed E-state index contributed by atoms with van der Waals surface area (Å²) in [7, 11) is 0. The van der Waals surface area contributed by atoms with Crippen molar-refractivity contribution in [3.05, 3.63) is 72.1 Å². The van der Waals surface area contributed by atoms with E-state index in [1.165, 1.54) is 16.5 Å². The zero-order valence-corrected chi connectivity index (χ0v) is 15.2. The Balaban J connectivity index is 1.27. The number of amides is 1. The van der Waals surface area contributed by atoms with Gasteiger partial charge in [-0.25, -0.2) is 0 Å². The Kier molecular flexibility index (Phi) is 3.97. The highest BCUT2D eigenvalue weighted by Gasteiger charge is 2.25. The second kappa shape index (κ2) is 6.62. The lowest BCUT2D eigenvalue weighted by Gasteiger charge is -2.32. The highest BCUT2D eigenvalue weighted by molar-refractivity contribution is 5.89. The Morgan fingerprint density at radius 2 is 1.52 bits per heavy atom. The van der Waals surface area contributed by atoms with Crippen molar-refractivity contribution in [1.82, 2.24) is 14.9 Å². The fraction of sp³-hybridized carbons (Fsp3) is 0.261. The molecule has 0 spiro atoms. The molecule has 1 aliphatic heterocycles. The number of nitrogens with one attached hydrogen (secondary N) is 2. The van der Waals surface area contributed by atoms with Crippen LogP contribution in [0.5, 0.6) is 0 Å². The highest BCUT2D eigenvalue weighted by Crippen LogP contribution is 2.33. The number of carbonyl (C=O) groups is 1. The van der Waals surface area contributed by atoms with E-state index in [0.717, 1.165) is 42.4 Å². The summed E-state index contributed by atoms with van der Waals surface area (Å²) in [5, 5.41) is 2.47. The van der Waals surface area contributed by atoms with Crippen molar-refractivity contribution in [1.29, 1.82) is 0 Å². The Hall–Kier alpha value is -3.01. The SMILES string of the molecule is O=C(Cc1c[nH]c2ccccc12)N1CCC(c2c[nH]c3ccccc23)CC1. The van der Waals surface area contributed by atoms with Gasteiger partial charge in [0.2, 0.25) is 5.91 Å². The standard InChI is InChI=1S/C23H23N3O/c27-23(13-17-14-24-21-7-3-1-5-18(17)21)26-11-9-16(10-12-26)20-15-25-22-8-4-2-6-19(20)22/h1-8,14-16,24-25H,9-13H2. The van der Waals surface area contributed by atoms with E-state index in [4.69, 9.17) is 0 Å². The molecule has 4 nitrogen and oxygen atoms in total. The number of hydrogen-bond acceptors (Lipinski definition) is 1. The highest BCUT2D eigenvalue weighted by atomic mass is 16.2. The summed E-state index contributed by atoms with van der Waals surface area (Å²) in [5.41, 5.74) is 4.78. The molecule has 136 valence electrons. The molecule has 3 heterocycles. The normalized spacial score (nSPS) is 15.6. The Morgan fingerprint density at radius 1 is 0.889 bits per heavy atom.